The second-order valence-electron chi connectivity index (χ2n) is 3.62. The smallest absolute Gasteiger partial charge is 0.394 e. The molecule has 0 aliphatic rings. The standard InChI is InChI=1S/C12H9NO5/c1-6-9(13-11(15)12(16)17)10(14)7-4-2-3-5-8(7)18-6/h2-5H,1H3,(H,13,15)(H,16,17). The van der Waals surface area contributed by atoms with Crippen LogP contribution in [-0.2, 0) is 9.59 Å². The molecule has 0 radical (unpaired) electrons. The Kier molecular flexibility index (Phi) is 2.85. The molecule has 2 rings (SSSR count). The first-order chi connectivity index (χ1) is 8.50. The van der Waals surface area contributed by atoms with E-state index in [9.17, 15) is 14.4 Å². The van der Waals surface area contributed by atoms with Crippen LogP contribution < -0.4 is 10.7 Å². The van der Waals surface area contributed by atoms with Crippen molar-refractivity contribution >= 4 is 28.5 Å². The molecule has 0 bridgehead atoms. The molecule has 6 heteroatoms. The minimum absolute atomic E-state index is 0.152. The van der Waals surface area contributed by atoms with Crippen LogP contribution in [-0.4, -0.2) is 17.0 Å². The van der Waals surface area contributed by atoms with Gasteiger partial charge in [-0.25, -0.2) is 4.79 Å². The van der Waals surface area contributed by atoms with Gasteiger partial charge >= 0.3 is 11.9 Å². The van der Waals surface area contributed by atoms with E-state index < -0.39 is 17.3 Å². The Morgan fingerprint density at radius 2 is 1.94 bits per heavy atom. The Morgan fingerprint density at radius 3 is 2.61 bits per heavy atom. The first-order valence-electron chi connectivity index (χ1n) is 5.07. The fourth-order valence-electron chi connectivity index (χ4n) is 1.57. The summed E-state index contributed by atoms with van der Waals surface area (Å²) in [4.78, 5) is 33.5. The van der Waals surface area contributed by atoms with Gasteiger partial charge in [-0.05, 0) is 19.1 Å². The van der Waals surface area contributed by atoms with Gasteiger partial charge < -0.3 is 14.8 Å². The van der Waals surface area contributed by atoms with Crippen LogP contribution in [0.25, 0.3) is 11.0 Å². The molecule has 1 aromatic heterocycles. The highest BCUT2D eigenvalue weighted by molar-refractivity contribution is 6.36. The van der Waals surface area contributed by atoms with Crippen LogP contribution >= 0.6 is 0 Å². The fraction of sp³-hybridized carbons (Fsp3) is 0.0833. The number of carboxylic acid groups (broad SMARTS) is 1. The van der Waals surface area contributed by atoms with Crippen LogP contribution in [0.15, 0.2) is 33.5 Å². The molecule has 92 valence electrons. The molecular weight excluding hydrogens is 238 g/mol. The number of carbonyl (C=O) groups excluding carboxylic acids is 1. The van der Waals surface area contributed by atoms with Gasteiger partial charge in [-0.3, -0.25) is 9.59 Å². The molecule has 1 amide bonds. The summed E-state index contributed by atoms with van der Waals surface area (Å²) in [5.74, 6) is -2.78. The van der Waals surface area contributed by atoms with E-state index in [0.29, 0.717) is 5.58 Å². The summed E-state index contributed by atoms with van der Waals surface area (Å²) in [5.41, 5.74) is -0.238. The first kappa shape index (κ1) is 11.8. The van der Waals surface area contributed by atoms with E-state index in [2.05, 4.69) is 0 Å². The van der Waals surface area contributed by atoms with Gasteiger partial charge in [0.15, 0.2) is 0 Å². The van der Waals surface area contributed by atoms with Gasteiger partial charge in [0.25, 0.3) is 0 Å². The molecule has 1 aromatic carbocycles. The number of anilines is 1. The fourth-order valence-corrected chi connectivity index (χ4v) is 1.57. The lowest BCUT2D eigenvalue weighted by atomic mass is 10.2. The van der Waals surface area contributed by atoms with Crippen molar-refractivity contribution in [2.45, 2.75) is 6.92 Å². The normalized spacial score (nSPS) is 10.3. The van der Waals surface area contributed by atoms with Crippen LogP contribution in [0.4, 0.5) is 5.69 Å². The van der Waals surface area contributed by atoms with Gasteiger partial charge in [0.1, 0.15) is 17.0 Å². The lowest BCUT2D eigenvalue weighted by Gasteiger charge is -2.06. The minimum atomic E-state index is -1.66. The summed E-state index contributed by atoms with van der Waals surface area (Å²) < 4.78 is 5.35. The van der Waals surface area contributed by atoms with Gasteiger partial charge in [0.05, 0.1) is 5.39 Å². The third-order valence-corrected chi connectivity index (χ3v) is 2.41. The topological polar surface area (TPSA) is 96.6 Å². The third-order valence-electron chi connectivity index (χ3n) is 2.41. The van der Waals surface area contributed by atoms with E-state index in [1.165, 1.54) is 13.0 Å². The molecule has 6 nitrogen and oxygen atoms in total. The number of aryl methyl sites for hydroxylation is 1. The van der Waals surface area contributed by atoms with E-state index in [4.69, 9.17) is 9.52 Å². The molecule has 0 fully saturated rings. The lowest BCUT2D eigenvalue weighted by Crippen LogP contribution is -2.26. The van der Waals surface area contributed by atoms with Gasteiger partial charge in [-0.1, -0.05) is 12.1 Å². The number of aliphatic carboxylic acids is 1. The van der Waals surface area contributed by atoms with E-state index in [1.54, 1.807) is 18.2 Å². The quantitative estimate of drug-likeness (QED) is 0.736. The van der Waals surface area contributed by atoms with Crippen LogP contribution in [0.2, 0.25) is 0 Å². The van der Waals surface area contributed by atoms with Crippen molar-refractivity contribution in [3.05, 3.63) is 40.2 Å². The number of fused-ring (bicyclic) bond motifs is 1. The van der Waals surface area contributed by atoms with E-state index in [-0.39, 0.29) is 16.8 Å². The molecular formula is C12H9NO5. The van der Waals surface area contributed by atoms with Crippen molar-refractivity contribution in [3.8, 4) is 0 Å². The highest BCUT2D eigenvalue weighted by atomic mass is 16.4. The monoisotopic (exact) mass is 247 g/mol. The van der Waals surface area contributed by atoms with Crippen molar-refractivity contribution < 1.29 is 19.1 Å². The van der Waals surface area contributed by atoms with E-state index in [0.717, 1.165) is 0 Å². The Balaban J connectivity index is 2.61. The molecule has 0 atom stereocenters. The van der Waals surface area contributed by atoms with Crippen LogP contribution in [0.3, 0.4) is 0 Å². The van der Waals surface area contributed by atoms with Gasteiger partial charge in [0, 0.05) is 0 Å². The predicted octanol–water partition coefficient (Wildman–Crippen LogP) is 1.12. The number of para-hydroxylation sites is 1. The van der Waals surface area contributed by atoms with Crippen molar-refractivity contribution in [2.75, 3.05) is 5.32 Å². The Hall–Kier alpha value is -2.63. The highest BCUT2D eigenvalue weighted by Crippen LogP contribution is 2.17. The zero-order valence-corrected chi connectivity index (χ0v) is 9.39. The number of rotatable bonds is 1. The van der Waals surface area contributed by atoms with Gasteiger partial charge in [-0.15, -0.1) is 0 Å². The largest absolute Gasteiger partial charge is 0.474 e. The lowest BCUT2D eigenvalue weighted by molar-refractivity contribution is -0.147. The summed E-state index contributed by atoms with van der Waals surface area (Å²) in [6, 6.07) is 6.52. The van der Waals surface area contributed by atoms with Crippen molar-refractivity contribution in [1.29, 1.82) is 0 Å². The minimum Gasteiger partial charge on any atom is -0.474 e. The molecule has 0 saturated heterocycles. The van der Waals surface area contributed by atoms with Gasteiger partial charge in [0.2, 0.25) is 5.43 Å². The second kappa shape index (κ2) is 4.33. The highest BCUT2D eigenvalue weighted by Gasteiger charge is 2.17. The SMILES string of the molecule is Cc1oc2ccccc2c(=O)c1NC(=O)C(=O)O. The van der Waals surface area contributed by atoms with E-state index >= 15 is 0 Å². The first-order valence-corrected chi connectivity index (χ1v) is 5.07. The Labute approximate surface area is 101 Å². The average molecular weight is 247 g/mol. The molecule has 0 unspecified atom stereocenters. The van der Waals surface area contributed by atoms with Crippen molar-refractivity contribution in [1.82, 2.24) is 0 Å². The van der Waals surface area contributed by atoms with Crippen molar-refractivity contribution in [2.24, 2.45) is 0 Å². The maximum absolute atomic E-state index is 12.0. The molecule has 2 aromatic rings. The molecule has 0 saturated carbocycles. The third kappa shape index (κ3) is 1.95. The maximum atomic E-state index is 12.0. The summed E-state index contributed by atoms with van der Waals surface area (Å²) in [7, 11) is 0. The molecule has 1 heterocycles. The number of hydrogen-bond donors (Lipinski definition) is 2. The number of nitrogens with one attached hydrogen (secondary N) is 1. The van der Waals surface area contributed by atoms with Gasteiger partial charge in [-0.2, -0.15) is 0 Å². The Bertz CT molecular complexity index is 701. The molecule has 18 heavy (non-hydrogen) atoms. The Morgan fingerprint density at radius 1 is 1.28 bits per heavy atom. The molecule has 2 N–H and O–H groups in total. The summed E-state index contributed by atoms with van der Waals surface area (Å²) in [5, 5.41) is 10.8. The average Bonchev–Trinajstić information content (AvgIpc) is 2.34. The molecule has 0 aliphatic carbocycles. The number of carbonyl (C=O) groups is 2. The predicted molar refractivity (Wildman–Crippen MR) is 63.5 cm³/mol. The molecule has 0 spiro atoms. The maximum Gasteiger partial charge on any atom is 0.394 e. The van der Waals surface area contributed by atoms with Crippen molar-refractivity contribution in [3.63, 3.8) is 0 Å². The zero-order chi connectivity index (χ0) is 13.3. The number of hydrogen-bond acceptors (Lipinski definition) is 4. The summed E-state index contributed by atoms with van der Waals surface area (Å²) in [6.45, 7) is 1.48. The van der Waals surface area contributed by atoms with Crippen LogP contribution in [0, 0.1) is 6.92 Å². The van der Waals surface area contributed by atoms with Crippen LogP contribution in [0.1, 0.15) is 5.76 Å². The number of benzene rings is 1. The number of amides is 1. The zero-order valence-electron chi connectivity index (χ0n) is 9.39. The second-order valence-corrected chi connectivity index (χ2v) is 3.62. The molecule has 0 aliphatic heterocycles. The summed E-state index contributed by atoms with van der Waals surface area (Å²) >= 11 is 0. The number of carboxylic acids is 1. The van der Waals surface area contributed by atoms with E-state index in [1.807, 2.05) is 5.32 Å². The van der Waals surface area contributed by atoms with Crippen LogP contribution in [0.5, 0.6) is 0 Å². The summed E-state index contributed by atoms with van der Waals surface area (Å²) in [6.07, 6.45) is 0.